The van der Waals surface area contributed by atoms with Gasteiger partial charge in [0.1, 0.15) is 0 Å². The molecule has 1 heterocycles. The molecule has 0 saturated carbocycles. The van der Waals surface area contributed by atoms with E-state index in [9.17, 15) is 0 Å². The molecule has 0 spiro atoms. The molecule has 0 aliphatic carbocycles. The molecule has 0 aromatic rings. The minimum atomic E-state index is 0.286. The summed E-state index contributed by atoms with van der Waals surface area (Å²) in [5.41, 5.74) is 0.286. The van der Waals surface area contributed by atoms with Crippen molar-refractivity contribution in [2.24, 2.45) is 5.41 Å². The zero-order valence-electron chi connectivity index (χ0n) is 8.55. The van der Waals surface area contributed by atoms with Crippen LogP contribution in [0.5, 0.6) is 0 Å². The fourth-order valence-electron chi connectivity index (χ4n) is 1.54. The molecule has 0 aromatic heterocycles. The highest BCUT2D eigenvalue weighted by Crippen LogP contribution is 2.37. The van der Waals surface area contributed by atoms with E-state index in [1.54, 1.807) is 0 Å². The lowest BCUT2D eigenvalue weighted by atomic mass is 9.81. The molecule has 0 bridgehead atoms. The van der Waals surface area contributed by atoms with Crippen molar-refractivity contribution in [3.63, 3.8) is 0 Å². The van der Waals surface area contributed by atoms with E-state index in [0.29, 0.717) is 6.42 Å². The fourth-order valence-corrected chi connectivity index (χ4v) is 3.02. The number of unbranched alkanes of at least 4 members (excludes halogenated alkanes) is 1. The molecule has 0 aromatic carbocycles. The Hall–Kier alpha value is -0.200. The molecular formula is C10H18N2S. The summed E-state index contributed by atoms with van der Waals surface area (Å²) in [6.45, 7) is 6.60. The molecule has 1 saturated heterocycles. The van der Waals surface area contributed by atoms with Crippen LogP contribution in [0, 0.1) is 16.7 Å². The monoisotopic (exact) mass is 198 g/mol. The van der Waals surface area contributed by atoms with Crippen molar-refractivity contribution in [1.82, 2.24) is 4.31 Å². The smallest absolute Gasteiger partial charge is 0.0628 e. The summed E-state index contributed by atoms with van der Waals surface area (Å²) < 4.78 is 2.38. The van der Waals surface area contributed by atoms with Crippen LogP contribution in [0.1, 0.15) is 33.1 Å². The van der Waals surface area contributed by atoms with Gasteiger partial charge in [-0.2, -0.15) is 5.26 Å². The average molecular weight is 198 g/mol. The van der Waals surface area contributed by atoms with Crippen molar-refractivity contribution < 1.29 is 0 Å². The van der Waals surface area contributed by atoms with Crippen LogP contribution in [0.3, 0.4) is 0 Å². The Morgan fingerprint density at radius 2 is 2.23 bits per heavy atom. The molecule has 1 aliphatic heterocycles. The molecule has 13 heavy (non-hydrogen) atoms. The van der Waals surface area contributed by atoms with Gasteiger partial charge in [0, 0.05) is 30.7 Å². The summed E-state index contributed by atoms with van der Waals surface area (Å²) in [5.74, 6) is 1.24. The predicted molar refractivity (Wildman–Crippen MR) is 57.3 cm³/mol. The molecule has 0 radical (unpaired) electrons. The minimum absolute atomic E-state index is 0.286. The molecule has 1 fully saturated rings. The number of nitrogens with zero attached hydrogens (tertiary/aromatic N) is 2. The van der Waals surface area contributed by atoms with E-state index >= 15 is 0 Å². The molecule has 0 unspecified atom stereocenters. The van der Waals surface area contributed by atoms with Gasteiger partial charge in [-0.3, -0.25) is 0 Å². The van der Waals surface area contributed by atoms with Crippen LogP contribution in [0.4, 0.5) is 0 Å². The Morgan fingerprint density at radius 3 is 2.77 bits per heavy atom. The van der Waals surface area contributed by atoms with E-state index in [2.05, 4.69) is 24.2 Å². The maximum absolute atomic E-state index is 8.59. The fraction of sp³-hybridized carbons (Fsp3) is 0.900. The van der Waals surface area contributed by atoms with E-state index in [1.165, 1.54) is 18.6 Å². The van der Waals surface area contributed by atoms with E-state index < -0.39 is 0 Å². The highest BCUT2D eigenvalue weighted by atomic mass is 32.2. The van der Waals surface area contributed by atoms with E-state index in [4.69, 9.17) is 5.26 Å². The summed E-state index contributed by atoms with van der Waals surface area (Å²) >= 11 is 1.94. The third-order valence-electron chi connectivity index (χ3n) is 2.39. The van der Waals surface area contributed by atoms with Crippen molar-refractivity contribution in [3.8, 4) is 6.07 Å². The SMILES string of the molecule is CCCCSN1CC(C)(CC#N)C1. The second-order valence-electron chi connectivity index (χ2n) is 4.13. The van der Waals surface area contributed by atoms with Crippen LogP contribution >= 0.6 is 11.9 Å². The zero-order valence-corrected chi connectivity index (χ0v) is 9.36. The minimum Gasteiger partial charge on any atom is -0.249 e. The van der Waals surface area contributed by atoms with Crippen molar-refractivity contribution in [3.05, 3.63) is 0 Å². The topological polar surface area (TPSA) is 27.0 Å². The van der Waals surface area contributed by atoms with E-state index in [1.807, 2.05) is 11.9 Å². The number of hydrogen-bond acceptors (Lipinski definition) is 3. The first-order valence-corrected chi connectivity index (χ1v) is 5.89. The van der Waals surface area contributed by atoms with Gasteiger partial charge >= 0.3 is 0 Å². The van der Waals surface area contributed by atoms with Crippen molar-refractivity contribution >= 4 is 11.9 Å². The largest absolute Gasteiger partial charge is 0.249 e. The first-order valence-electron chi connectivity index (χ1n) is 4.95. The van der Waals surface area contributed by atoms with Gasteiger partial charge in [0.25, 0.3) is 0 Å². The highest BCUT2D eigenvalue weighted by molar-refractivity contribution is 7.97. The third kappa shape index (κ3) is 3.21. The summed E-state index contributed by atoms with van der Waals surface area (Å²) in [6.07, 6.45) is 3.28. The molecule has 3 heteroatoms. The van der Waals surface area contributed by atoms with E-state index in [0.717, 1.165) is 13.1 Å². The molecule has 74 valence electrons. The van der Waals surface area contributed by atoms with Gasteiger partial charge in [-0.15, -0.1) is 0 Å². The second-order valence-corrected chi connectivity index (χ2v) is 5.31. The molecule has 2 nitrogen and oxygen atoms in total. The van der Waals surface area contributed by atoms with Crippen LogP contribution in [-0.4, -0.2) is 23.1 Å². The van der Waals surface area contributed by atoms with Gasteiger partial charge < -0.3 is 0 Å². The van der Waals surface area contributed by atoms with Crippen molar-refractivity contribution in [2.75, 3.05) is 18.8 Å². The van der Waals surface area contributed by atoms with E-state index in [-0.39, 0.29) is 5.41 Å². The Bertz CT molecular complexity index is 192. The van der Waals surface area contributed by atoms with Gasteiger partial charge in [0.2, 0.25) is 0 Å². The molecule has 1 rings (SSSR count). The maximum atomic E-state index is 8.59. The van der Waals surface area contributed by atoms with Crippen LogP contribution < -0.4 is 0 Å². The lowest BCUT2D eigenvalue weighted by molar-refractivity contribution is 0.107. The van der Waals surface area contributed by atoms with Gasteiger partial charge in [0.05, 0.1) is 6.07 Å². The van der Waals surface area contributed by atoms with Crippen LogP contribution in [-0.2, 0) is 0 Å². The molecule has 0 atom stereocenters. The maximum Gasteiger partial charge on any atom is 0.0628 e. The third-order valence-corrected chi connectivity index (χ3v) is 3.49. The summed E-state index contributed by atoms with van der Waals surface area (Å²) in [6, 6.07) is 2.26. The standard InChI is InChI=1S/C10H18N2S/c1-3-4-7-13-12-8-10(2,9-12)5-6-11/h3-5,7-9H2,1-2H3. The van der Waals surface area contributed by atoms with Gasteiger partial charge in [0.15, 0.2) is 0 Å². The number of rotatable bonds is 5. The summed E-state index contributed by atoms with van der Waals surface area (Å²) in [7, 11) is 0. The molecule has 0 N–H and O–H groups in total. The second kappa shape index (κ2) is 4.88. The first-order chi connectivity index (χ1) is 6.20. The predicted octanol–water partition coefficient (Wildman–Crippen LogP) is 2.67. The highest BCUT2D eigenvalue weighted by Gasteiger charge is 2.38. The van der Waals surface area contributed by atoms with Gasteiger partial charge in [-0.1, -0.05) is 32.2 Å². The summed E-state index contributed by atoms with van der Waals surface area (Å²) in [5, 5.41) is 8.59. The Kier molecular flexibility index (Phi) is 4.08. The lowest BCUT2D eigenvalue weighted by Gasteiger charge is -2.46. The van der Waals surface area contributed by atoms with Crippen LogP contribution in [0.2, 0.25) is 0 Å². The van der Waals surface area contributed by atoms with Gasteiger partial charge in [-0.05, 0) is 6.42 Å². The quantitative estimate of drug-likeness (QED) is 0.502. The zero-order chi connectivity index (χ0) is 9.73. The lowest BCUT2D eigenvalue weighted by Crippen LogP contribution is -2.50. The average Bonchev–Trinajstić information content (AvgIpc) is 2.02. The Labute approximate surface area is 85.4 Å². The Morgan fingerprint density at radius 1 is 1.54 bits per heavy atom. The molecular weight excluding hydrogens is 180 g/mol. The van der Waals surface area contributed by atoms with Gasteiger partial charge in [-0.25, -0.2) is 4.31 Å². The number of nitriles is 1. The summed E-state index contributed by atoms with van der Waals surface area (Å²) in [4.78, 5) is 0. The van der Waals surface area contributed by atoms with Crippen LogP contribution in [0.15, 0.2) is 0 Å². The molecule has 1 aliphatic rings. The van der Waals surface area contributed by atoms with Crippen molar-refractivity contribution in [2.45, 2.75) is 33.1 Å². The normalized spacial score (nSPS) is 20.7. The number of hydrogen-bond donors (Lipinski definition) is 0. The first kappa shape index (κ1) is 10.9. The van der Waals surface area contributed by atoms with Crippen molar-refractivity contribution in [1.29, 1.82) is 5.26 Å². The Balaban J connectivity index is 2.08. The molecule has 0 amide bonds. The van der Waals surface area contributed by atoms with Crippen LogP contribution in [0.25, 0.3) is 0 Å².